The molecule has 138 heavy (non-hydrogen) atoms. The van der Waals surface area contributed by atoms with Gasteiger partial charge < -0.3 is 80.7 Å². The Morgan fingerprint density at radius 1 is 0.449 bits per heavy atom. The van der Waals surface area contributed by atoms with Crippen LogP contribution in [0.25, 0.3) is 44.4 Å². The van der Waals surface area contributed by atoms with Crippen LogP contribution in [0.1, 0.15) is 105 Å². The van der Waals surface area contributed by atoms with Crippen LogP contribution in [0.5, 0.6) is 0 Å². The van der Waals surface area contributed by atoms with E-state index in [1.54, 1.807) is 84.4 Å². The number of carboxylic acid groups (broad SMARTS) is 1. The number of carboxylic acids is 1. The third-order valence-corrected chi connectivity index (χ3v) is 33.9. The molecular formula is C99H104Cl4N22O9S4. The van der Waals surface area contributed by atoms with E-state index in [4.69, 9.17) is 109 Å². The number of rotatable bonds is 18. The van der Waals surface area contributed by atoms with Crippen LogP contribution in [0.2, 0.25) is 20.1 Å². The number of amides is 1. The minimum atomic E-state index is -1.18. The minimum Gasteiger partial charge on any atom is -0.480 e. The highest BCUT2D eigenvalue weighted by molar-refractivity contribution is 8.00. The van der Waals surface area contributed by atoms with Crippen molar-refractivity contribution in [1.29, 1.82) is 0 Å². The van der Waals surface area contributed by atoms with Gasteiger partial charge in [-0.15, -0.1) is 0 Å². The molecule has 13 aromatic rings. The van der Waals surface area contributed by atoms with E-state index in [1.165, 1.54) is 59.2 Å². The lowest BCUT2D eigenvalue weighted by molar-refractivity contribution is 0.0692. The van der Waals surface area contributed by atoms with Gasteiger partial charge in [-0.2, -0.15) is 9.94 Å². The first-order valence-electron chi connectivity index (χ1n) is 45.7. The highest BCUT2D eigenvalue weighted by Crippen LogP contribution is 2.50. The minimum absolute atomic E-state index is 0.0476. The number of aryl methyl sites for hydroxylation is 1. The molecule has 31 nitrogen and oxygen atoms in total. The molecule has 10 N–H and O–H groups in total. The lowest BCUT2D eigenvalue weighted by Crippen LogP contribution is -2.50. The summed E-state index contributed by atoms with van der Waals surface area (Å²) >= 11 is 32.5. The molecule has 0 unspecified atom stereocenters. The van der Waals surface area contributed by atoms with Crippen LogP contribution in [0.15, 0.2) is 238 Å². The fraction of sp³-hybridized carbons (Fsp3) is 0.374. The average Bonchev–Trinajstić information content (AvgIpc) is 1.68. The predicted molar refractivity (Wildman–Crippen MR) is 537 cm³/mol. The van der Waals surface area contributed by atoms with Crippen molar-refractivity contribution in [3.05, 3.63) is 238 Å². The average molecular weight is 2020 g/mol. The molecule has 8 atom stereocenters. The zero-order valence-electron chi connectivity index (χ0n) is 76.4. The Hall–Kier alpha value is -10.6. The number of anilines is 5. The number of piperidine rings is 4. The van der Waals surface area contributed by atoms with E-state index in [-0.39, 0.29) is 87.3 Å². The zero-order chi connectivity index (χ0) is 96.2. The Labute approximate surface area is 836 Å². The monoisotopic (exact) mass is 2010 g/mol. The maximum absolute atomic E-state index is 12.8. The van der Waals surface area contributed by atoms with Gasteiger partial charge in [0.15, 0.2) is 5.65 Å². The van der Waals surface area contributed by atoms with Gasteiger partial charge in [0.2, 0.25) is 5.89 Å². The van der Waals surface area contributed by atoms with Gasteiger partial charge in [-0.25, -0.2) is 59.1 Å². The van der Waals surface area contributed by atoms with Gasteiger partial charge in [0, 0.05) is 147 Å². The van der Waals surface area contributed by atoms with Crippen LogP contribution in [-0.2, 0) is 18.9 Å². The number of oxazole rings is 1. The maximum Gasteiger partial charge on any atom is 0.346 e. The largest absolute Gasteiger partial charge is 0.480 e. The van der Waals surface area contributed by atoms with Crippen molar-refractivity contribution in [3.63, 3.8) is 0 Å². The molecule has 0 aliphatic carbocycles. The van der Waals surface area contributed by atoms with Crippen molar-refractivity contribution >= 4 is 146 Å². The Balaban J connectivity index is 0.000000122. The lowest BCUT2D eigenvalue weighted by Gasteiger charge is -2.41. The number of carbonyl (C=O) groups excluding carboxylic acids is 1. The summed E-state index contributed by atoms with van der Waals surface area (Å²) in [6.07, 6.45) is 29.9. The molecule has 5 aromatic carbocycles. The van der Waals surface area contributed by atoms with Gasteiger partial charge in [-0.3, -0.25) is 4.79 Å². The van der Waals surface area contributed by atoms with Crippen LogP contribution >= 0.6 is 93.5 Å². The van der Waals surface area contributed by atoms with Gasteiger partial charge in [0.05, 0.1) is 161 Å². The van der Waals surface area contributed by atoms with Crippen molar-refractivity contribution in [2.75, 3.05) is 104 Å². The molecule has 716 valence electrons. The highest BCUT2D eigenvalue weighted by atomic mass is 35.5. The summed E-state index contributed by atoms with van der Waals surface area (Å²) in [4.78, 5) is 85.9. The van der Waals surface area contributed by atoms with Crippen molar-refractivity contribution in [2.24, 2.45) is 44.6 Å². The number of carbonyl (C=O) groups is 2. The number of hydrogen-bond acceptors (Lipinski definition) is 31. The maximum atomic E-state index is 12.8. The molecule has 0 bridgehead atoms. The van der Waals surface area contributed by atoms with Crippen molar-refractivity contribution in [1.82, 2.24) is 59.5 Å². The number of hydrogen-bond donors (Lipinski definition) is 6. The topological polar surface area (TPSA) is 397 Å². The second-order valence-electron chi connectivity index (χ2n) is 36.1. The number of ether oxygens (including phenoxy) is 4. The van der Waals surface area contributed by atoms with E-state index in [0.717, 1.165) is 217 Å². The van der Waals surface area contributed by atoms with E-state index < -0.39 is 11.9 Å². The number of benzene rings is 5. The molecule has 8 aromatic heterocycles. The molecule has 39 heteroatoms. The Morgan fingerprint density at radius 3 is 1.20 bits per heavy atom. The number of aromatic nitrogens is 12. The molecular weight excluding hydrogens is 1910 g/mol. The molecule has 21 rings (SSSR count). The number of fused-ring (bicyclic) bond motifs is 1. The quantitative estimate of drug-likeness (QED) is 0.0435. The third kappa shape index (κ3) is 20.9. The second kappa shape index (κ2) is 42.4. The first kappa shape index (κ1) is 97.6. The molecule has 16 heterocycles. The number of aromatic carboxylic acids is 1. The van der Waals surface area contributed by atoms with E-state index in [2.05, 4.69) is 100 Å². The SMILES string of the molecule is C[C@@H]1OCC2(CCN(c3cnc(Sc4cccc(-c5cnn6cccnc56)c4Cl)cn3)CC2)[C@@H]1N.C[C@@H]1OCC2(CCN(c3cnc(Sc4cccc(NC(=O)c5ccccc5C(=O)O)c4Cl)cn3)CC2)[C@@H]1N.Cc1coc(-c2cccc(Sc3cnc(N4CCC5(CC4)CO[C@@H](C)[C@H]5N)cn3)c2Cl)n1.[C-]#[N+]c1ccc(-c2cccc(Sc3cnc(N4CCC5(CC4)CO[C@@H](C)[C@H]5N)cn3)c2Cl)o1. The van der Waals surface area contributed by atoms with Crippen LogP contribution in [-0.4, -0.2) is 204 Å². The summed E-state index contributed by atoms with van der Waals surface area (Å²) in [5, 5.41) is 21.6. The summed E-state index contributed by atoms with van der Waals surface area (Å²) in [5.74, 6) is 3.05. The van der Waals surface area contributed by atoms with E-state index in [1.807, 2.05) is 112 Å². The summed E-state index contributed by atoms with van der Waals surface area (Å²) in [6.45, 7) is 27.3. The number of furan rings is 1. The lowest BCUT2D eigenvalue weighted by atomic mass is 9.73. The van der Waals surface area contributed by atoms with Crippen molar-refractivity contribution < 1.29 is 42.5 Å². The van der Waals surface area contributed by atoms with Crippen LogP contribution in [0.3, 0.4) is 0 Å². The Kier molecular flexibility index (Phi) is 30.0. The number of nitrogens with one attached hydrogen (secondary N) is 1. The fourth-order valence-corrected chi connectivity index (χ4v) is 23.7. The second-order valence-corrected chi connectivity index (χ2v) is 41.9. The summed E-state index contributed by atoms with van der Waals surface area (Å²) < 4.78 is 36.1. The third-order valence-electron chi connectivity index (χ3n) is 27.9. The standard InChI is InChI=1S/C27H28ClN5O4S.C25H26ClN7OS.C24H24ClN5O2S.C23H26ClN5O2S/c1-16-24(29)27(15-37-16)9-11-33(12-10-27)21-13-31-22(14-30-21)38-20-8-4-7-19(23(20)28)32-25(34)17-5-2-3-6-18(17)26(35)36;1-16-23(27)25(15-34-16)6-10-32(11-7-25)20-13-30-21(14-29-20)35-19-5-2-4-17(22(19)26)18-12-31-33-9-3-8-28-24(18)33;1-15-23(26)24(14-31-15)8-10-30(11-9-24)19-12-29-21(13-28-19)33-18-5-3-4-16(22(18)25)17-6-7-20(27-2)32-17;1-14-12-30-22(28-14)16-4-3-5-17(20(16)24)32-19-11-26-18(10-27-19)29-8-6-23(7-9-29)13-31-15(2)21(23)25/h2-8,13-14,16,24H,9-12,15,29H2,1H3,(H,32,34)(H,35,36);2-5,8-9,12-14,16,23H,6-7,10-11,15,27H2,1H3;3-7,12-13,15,23H,8-11,14,26H2,1H3;3-5,10-12,15,21H,6-9,13,25H2,1-2H3/t16-,24+;16-,23+;15-,23+;15-,21+/m0000/s1. The Bertz CT molecular complexity index is 6540. The number of nitrogens with zero attached hydrogens (tertiary/aromatic N) is 17. The van der Waals surface area contributed by atoms with Crippen LogP contribution in [0, 0.1) is 35.2 Å². The van der Waals surface area contributed by atoms with E-state index >= 15 is 0 Å². The molecule has 8 saturated heterocycles. The summed E-state index contributed by atoms with van der Waals surface area (Å²) in [7, 11) is 0. The smallest absolute Gasteiger partial charge is 0.346 e. The van der Waals surface area contributed by atoms with Gasteiger partial charge in [0.1, 0.15) is 55.4 Å². The van der Waals surface area contributed by atoms with Gasteiger partial charge >= 0.3 is 11.9 Å². The molecule has 0 radical (unpaired) electrons. The van der Waals surface area contributed by atoms with Crippen LogP contribution < -0.4 is 47.9 Å². The summed E-state index contributed by atoms with van der Waals surface area (Å²) in [5.41, 5.74) is 31.3. The molecule has 0 saturated carbocycles. The fourth-order valence-electron chi connectivity index (χ4n) is 19.3. The number of nitrogens with two attached hydrogens (primary N) is 4. The molecule has 4 spiro atoms. The van der Waals surface area contributed by atoms with E-state index in [9.17, 15) is 14.7 Å². The Morgan fingerprint density at radius 2 is 0.833 bits per heavy atom. The molecule has 8 fully saturated rings. The van der Waals surface area contributed by atoms with Gasteiger partial charge in [-0.05, 0) is 159 Å². The normalized spacial score (nSPS) is 21.6. The van der Waals surface area contributed by atoms with Crippen molar-refractivity contribution in [2.45, 2.75) is 174 Å². The van der Waals surface area contributed by atoms with Gasteiger partial charge in [-0.1, -0.05) is 136 Å². The first-order chi connectivity index (χ1) is 66.7. The highest BCUT2D eigenvalue weighted by Gasteiger charge is 2.52. The first-order valence-corrected chi connectivity index (χ1v) is 50.5. The van der Waals surface area contributed by atoms with E-state index in [0.29, 0.717) is 47.4 Å². The zero-order valence-corrected chi connectivity index (χ0v) is 82.7. The van der Waals surface area contributed by atoms with Gasteiger partial charge in [0.25, 0.3) is 5.91 Å². The molecule has 8 aliphatic rings. The van der Waals surface area contributed by atoms with Crippen molar-refractivity contribution in [3.8, 4) is 33.9 Å². The predicted octanol–water partition coefficient (Wildman–Crippen LogP) is 18.9. The molecule has 8 aliphatic heterocycles. The molecule has 1 amide bonds. The van der Waals surface area contributed by atoms with Crippen LogP contribution in [0.4, 0.5) is 34.8 Å². The summed E-state index contributed by atoms with van der Waals surface area (Å²) in [6, 6.07) is 34.3. The number of halogens is 4.